The largest absolute Gasteiger partial charge is 0.493 e. The first-order chi connectivity index (χ1) is 8.10. The van der Waals surface area contributed by atoms with Gasteiger partial charge in [0, 0.05) is 13.0 Å². The average Bonchev–Trinajstić information content (AvgIpc) is 2.30. The van der Waals surface area contributed by atoms with Gasteiger partial charge in [-0.1, -0.05) is 0 Å². The van der Waals surface area contributed by atoms with E-state index in [1.807, 2.05) is 0 Å². The van der Waals surface area contributed by atoms with E-state index in [1.54, 1.807) is 6.92 Å². The highest BCUT2D eigenvalue weighted by molar-refractivity contribution is 5.89. The third-order valence-corrected chi connectivity index (χ3v) is 2.26. The average molecular weight is 240 g/mol. The second kappa shape index (κ2) is 6.10. The van der Waals surface area contributed by atoms with Gasteiger partial charge in [-0.15, -0.1) is 0 Å². The lowest BCUT2D eigenvalue weighted by molar-refractivity contribution is 0.0696. The molecule has 0 aliphatic rings. The molecule has 0 amide bonds. The van der Waals surface area contributed by atoms with Gasteiger partial charge in [-0.25, -0.2) is 4.79 Å². The van der Waals surface area contributed by atoms with Crippen molar-refractivity contribution in [3.63, 3.8) is 0 Å². The second-order valence-corrected chi connectivity index (χ2v) is 3.56. The molecule has 0 atom stereocenters. The molecule has 94 valence electrons. The number of benzene rings is 1. The molecule has 1 aromatic carbocycles. The Morgan fingerprint density at radius 2 is 2.12 bits per heavy atom. The summed E-state index contributed by atoms with van der Waals surface area (Å²) in [5.74, 6) is -0.0976. The fourth-order valence-corrected chi connectivity index (χ4v) is 1.44. The van der Waals surface area contributed by atoms with Crippen molar-refractivity contribution in [3.8, 4) is 11.5 Å². The van der Waals surface area contributed by atoms with E-state index in [-0.39, 0.29) is 12.2 Å². The number of carbonyl (C=O) groups is 1. The monoisotopic (exact) mass is 240 g/mol. The summed E-state index contributed by atoms with van der Waals surface area (Å²) in [7, 11) is 1.46. The number of carboxylic acid groups (broad SMARTS) is 1. The molecule has 0 fully saturated rings. The molecule has 5 nitrogen and oxygen atoms in total. The minimum atomic E-state index is -1.01. The van der Waals surface area contributed by atoms with Crippen LogP contribution in [-0.4, -0.2) is 36.5 Å². The van der Waals surface area contributed by atoms with Crippen LogP contribution in [0.15, 0.2) is 12.1 Å². The highest BCUT2D eigenvalue weighted by Crippen LogP contribution is 2.32. The van der Waals surface area contributed by atoms with Gasteiger partial charge in [0.1, 0.15) is 0 Å². The predicted molar refractivity (Wildman–Crippen MR) is 61.9 cm³/mol. The molecule has 0 spiro atoms. The molecule has 0 unspecified atom stereocenters. The van der Waals surface area contributed by atoms with Crippen molar-refractivity contribution in [1.29, 1.82) is 0 Å². The van der Waals surface area contributed by atoms with Crippen LogP contribution in [0.1, 0.15) is 22.3 Å². The van der Waals surface area contributed by atoms with Crippen LogP contribution in [0.2, 0.25) is 0 Å². The summed E-state index contributed by atoms with van der Waals surface area (Å²) in [6.07, 6.45) is 0.517. The van der Waals surface area contributed by atoms with Crippen LogP contribution < -0.4 is 9.47 Å². The van der Waals surface area contributed by atoms with Gasteiger partial charge in [-0.2, -0.15) is 0 Å². The van der Waals surface area contributed by atoms with Gasteiger partial charge in [-0.05, 0) is 24.6 Å². The number of aliphatic hydroxyl groups excluding tert-OH is 1. The topological polar surface area (TPSA) is 76.0 Å². The fourth-order valence-electron chi connectivity index (χ4n) is 1.44. The van der Waals surface area contributed by atoms with Crippen LogP contribution in [0.3, 0.4) is 0 Å². The quantitative estimate of drug-likeness (QED) is 0.736. The summed E-state index contributed by atoms with van der Waals surface area (Å²) < 4.78 is 10.6. The van der Waals surface area contributed by atoms with Crippen molar-refractivity contribution in [2.24, 2.45) is 0 Å². The molecule has 1 aromatic rings. The summed E-state index contributed by atoms with van der Waals surface area (Å²) in [5.41, 5.74) is 0.855. The molecular formula is C12H16O5. The molecule has 1 rings (SSSR count). The minimum absolute atomic E-state index is 0.0502. The van der Waals surface area contributed by atoms with Gasteiger partial charge in [0.15, 0.2) is 11.5 Å². The number of hydrogen-bond acceptors (Lipinski definition) is 4. The van der Waals surface area contributed by atoms with Gasteiger partial charge < -0.3 is 19.7 Å². The summed E-state index contributed by atoms with van der Waals surface area (Å²) in [6, 6.07) is 2.95. The van der Waals surface area contributed by atoms with Crippen LogP contribution in [0.4, 0.5) is 0 Å². The summed E-state index contributed by atoms with van der Waals surface area (Å²) >= 11 is 0. The van der Waals surface area contributed by atoms with Crippen molar-refractivity contribution in [2.45, 2.75) is 13.3 Å². The van der Waals surface area contributed by atoms with Crippen LogP contribution in [0.5, 0.6) is 11.5 Å². The van der Waals surface area contributed by atoms with Crippen molar-refractivity contribution in [1.82, 2.24) is 0 Å². The number of rotatable bonds is 6. The Morgan fingerprint density at radius 1 is 1.41 bits per heavy atom. The summed E-state index contributed by atoms with van der Waals surface area (Å²) in [5, 5.41) is 17.6. The van der Waals surface area contributed by atoms with Crippen molar-refractivity contribution in [2.75, 3.05) is 20.3 Å². The fraction of sp³-hybridized carbons (Fsp3) is 0.417. The Balaban J connectivity index is 2.99. The minimum Gasteiger partial charge on any atom is -0.493 e. The number of hydrogen-bond donors (Lipinski definition) is 2. The SMILES string of the molecule is COc1cc(C(=O)O)cc(C)c1OCCCO. The standard InChI is InChI=1S/C12H16O5/c1-8-6-9(12(14)15)7-10(16-2)11(8)17-5-3-4-13/h6-7,13H,3-5H2,1-2H3,(H,14,15). The van der Waals surface area contributed by atoms with Crippen molar-refractivity contribution >= 4 is 5.97 Å². The lowest BCUT2D eigenvalue weighted by Crippen LogP contribution is -2.05. The lowest BCUT2D eigenvalue weighted by Gasteiger charge is -2.13. The Kier molecular flexibility index (Phi) is 4.78. The van der Waals surface area contributed by atoms with Gasteiger partial charge in [0.05, 0.1) is 19.3 Å². The van der Waals surface area contributed by atoms with E-state index in [1.165, 1.54) is 19.2 Å². The van der Waals surface area contributed by atoms with Gasteiger partial charge in [0.2, 0.25) is 0 Å². The predicted octanol–water partition coefficient (Wildman–Crippen LogP) is 1.46. The maximum atomic E-state index is 10.9. The molecule has 0 radical (unpaired) electrons. The zero-order chi connectivity index (χ0) is 12.8. The Bertz CT molecular complexity index is 400. The third-order valence-electron chi connectivity index (χ3n) is 2.26. The van der Waals surface area contributed by atoms with Gasteiger partial charge >= 0.3 is 5.97 Å². The van der Waals surface area contributed by atoms with Crippen molar-refractivity contribution < 1.29 is 24.5 Å². The third kappa shape index (κ3) is 3.35. The summed E-state index contributed by atoms with van der Waals surface area (Å²) in [4.78, 5) is 10.9. The number of ether oxygens (including phenoxy) is 2. The van der Waals surface area contributed by atoms with Crippen LogP contribution in [0, 0.1) is 6.92 Å². The van der Waals surface area contributed by atoms with E-state index in [4.69, 9.17) is 19.7 Å². The van der Waals surface area contributed by atoms with E-state index in [0.29, 0.717) is 30.1 Å². The van der Waals surface area contributed by atoms with E-state index >= 15 is 0 Å². The highest BCUT2D eigenvalue weighted by Gasteiger charge is 2.13. The lowest BCUT2D eigenvalue weighted by atomic mass is 10.1. The number of carboxylic acids is 1. The maximum absolute atomic E-state index is 10.9. The number of aryl methyl sites for hydroxylation is 1. The number of aliphatic hydroxyl groups is 1. The van der Waals surface area contributed by atoms with E-state index in [0.717, 1.165) is 0 Å². The normalized spacial score (nSPS) is 10.1. The molecule has 0 saturated heterocycles. The van der Waals surface area contributed by atoms with Crippen LogP contribution >= 0.6 is 0 Å². The molecule has 0 aliphatic heterocycles. The molecule has 5 heteroatoms. The van der Waals surface area contributed by atoms with E-state index < -0.39 is 5.97 Å². The molecule has 0 saturated carbocycles. The smallest absolute Gasteiger partial charge is 0.335 e. The van der Waals surface area contributed by atoms with Gasteiger partial charge in [-0.3, -0.25) is 0 Å². The highest BCUT2D eigenvalue weighted by atomic mass is 16.5. The Hall–Kier alpha value is -1.75. The molecule has 0 bridgehead atoms. The number of aromatic carboxylic acids is 1. The Morgan fingerprint density at radius 3 is 2.65 bits per heavy atom. The molecule has 0 heterocycles. The van der Waals surface area contributed by atoms with Crippen molar-refractivity contribution in [3.05, 3.63) is 23.3 Å². The first kappa shape index (κ1) is 13.3. The summed E-state index contributed by atoms with van der Waals surface area (Å²) in [6.45, 7) is 2.16. The molecule has 0 aromatic heterocycles. The Labute approximate surface area is 99.6 Å². The zero-order valence-electron chi connectivity index (χ0n) is 9.90. The maximum Gasteiger partial charge on any atom is 0.335 e. The molecule has 17 heavy (non-hydrogen) atoms. The first-order valence-electron chi connectivity index (χ1n) is 5.25. The zero-order valence-corrected chi connectivity index (χ0v) is 9.90. The first-order valence-corrected chi connectivity index (χ1v) is 5.25. The number of methoxy groups -OCH3 is 1. The van der Waals surface area contributed by atoms with E-state index in [9.17, 15) is 4.79 Å². The van der Waals surface area contributed by atoms with Gasteiger partial charge in [0.25, 0.3) is 0 Å². The molecule has 0 aliphatic carbocycles. The molecular weight excluding hydrogens is 224 g/mol. The van der Waals surface area contributed by atoms with Crippen LogP contribution in [-0.2, 0) is 0 Å². The molecule has 2 N–H and O–H groups in total. The second-order valence-electron chi connectivity index (χ2n) is 3.56. The van der Waals surface area contributed by atoms with Crippen LogP contribution in [0.25, 0.3) is 0 Å². The van der Waals surface area contributed by atoms with E-state index in [2.05, 4.69) is 0 Å².